The van der Waals surface area contributed by atoms with Crippen molar-refractivity contribution in [1.82, 2.24) is 5.32 Å². The van der Waals surface area contributed by atoms with Gasteiger partial charge < -0.3 is 15.4 Å². The summed E-state index contributed by atoms with van der Waals surface area (Å²) in [5.74, 6) is 0.594. The third-order valence-electron chi connectivity index (χ3n) is 4.08. The quantitative estimate of drug-likeness (QED) is 0.778. The Bertz CT molecular complexity index is 486. The molecule has 1 aliphatic rings. The molecule has 1 aromatic carbocycles. The second-order valence-corrected chi connectivity index (χ2v) is 6.22. The number of ether oxygens (including phenoxy) is 1. The minimum absolute atomic E-state index is 0.0262. The molecular weight excluding hydrogens is 300 g/mol. The first kappa shape index (κ1) is 17.1. The molecule has 2 rings (SSSR count). The monoisotopic (exact) mass is 324 g/mol. The predicted octanol–water partition coefficient (Wildman–Crippen LogP) is 3.99. The molecule has 122 valence electrons. The Labute approximate surface area is 137 Å². The molecule has 0 radical (unpaired) electrons. The van der Waals surface area contributed by atoms with Crippen LogP contribution in [0.3, 0.4) is 0 Å². The Morgan fingerprint density at radius 3 is 2.68 bits per heavy atom. The summed E-state index contributed by atoms with van der Waals surface area (Å²) in [6, 6.07) is 5.76. The number of carbonyl (C=O) groups is 1. The standard InChI is InChI=1S/C17H25ClN2O2/c1-22-16-9-8-13(18)12-15(16)20-17(21)10-11-19-14-6-4-2-3-5-7-14/h8-9,12,14,19H,2-7,10-11H2,1H3,(H,20,21). The number of amides is 1. The van der Waals surface area contributed by atoms with Gasteiger partial charge in [0.05, 0.1) is 12.8 Å². The zero-order valence-electron chi connectivity index (χ0n) is 13.2. The Balaban J connectivity index is 1.77. The van der Waals surface area contributed by atoms with Gasteiger partial charge in [0, 0.05) is 24.0 Å². The molecule has 1 fully saturated rings. The molecule has 1 saturated carbocycles. The van der Waals surface area contributed by atoms with Crippen LogP contribution < -0.4 is 15.4 Å². The van der Waals surface area contributed by atoms with Gasteiger partial charge in [0.1, 0.15) is 5.75 Å². The fourth-order valence-corrected chi connectivity index (χ4v) is 3.04. The van der Waals surface area contributed by atoms with Crippen LogP contribution in [0.25, 0.3) is 0 Å². The van der Waals surface area contributed by atoms with Crippen LogP contribution >= 0.6 is 11.6 Å². The molecule has 0 saturated heterocycles. The number of hydrogen-bond acceptors (Lipinski definition) is 3. The van der Waals surface area contributed by atoms with E-state index in [1.165, 1.54) is 38.5 Å². The van der Waals surface area contributed by atoms with Crippen LogP contribution in [-0.4, -0.2) is 25.6 Å². The molecule has 0 aromatic heterocycles. The van der Waals surface area contributed by atoms with Crippen molar-refractivity contribution in [1.29, 1.82) is 0 Å². The molecule has 1 aromatic rings. The van der Waals surface area contributed by atoms with Crippen molar-refractivity contribution in [2.24, 2.45) is 0 Å². The highest BCUT2D eigenvalue weighted by atomic mass is 35.5. The largest absolute Gasteiger partial charge is 0.495 e. The highest BCUT2D eigenvalue weighted by Crippen LogP contribution is 2.27. The molecule has 2 N–H and O–H groups in total. The van der Waals surface area contributed by atoms with Crippen molar-refractivity contribution < 1.29 is 9.53 Å². The van der Waals surface area contributed by atoms with E-state index in [1.807, 2.05) is 0 Å². The lowest BCUT2D eigenvalue weighted by atomic mass is 10.1. The lowest BCUT2D eigenvalue weighted by Gasteiger charge is -2.16. The molecule has 22 heavy (non-hydrogen) atoms. The van der Waals surface area contributed by atoms with Crippen molar-refractivity contribution >= 4 is 23.2 Å². The van der Waals surface area contributed by atoms with E-state index in [4.69, 9.17) is 16.3 Å². The fourth-order valence-electron chi connectivity index (χ4n) is 2.86. The minimum Gasteiger partial charge on any atom is -0.495 e. The van der Waals surface area contributed by atoms with Crippen molar-refractivity contribution in [2.45, 2.75) is 51.0 Å². The Kier molecular flexibility index (Phi) is 7.00. The second-order valence-electron chi connectivity index (χ2n) is 5.79. The summed E-state index contributed by atoms with van der Waals surface area (Å²) in [6.45, 7) is 0.708. The Morgan fingerprint density at radius 2 is 2.00 bits per heavy atom. The molecule has 0 unspecified atom stereocenters. The molecule has 0 bridgehead atoms. The number of anilines is 1. The number of rotatable bonds is 6. The smallest absolute Gasteiger partial charge is 0.225 e. The molecule has 1 amide bonds. The average molecular weight is 325 g/mol. The molecule has 0 heterocycles. The second kappa shape index (κ2) is 9.01. The summed E-state index contributed by atoms with van der Waals surface area (Å²) < 4.78 is 5.23. The van der Waals surface area contributed by atoms with Crippen LogP contribution in [0.5, 0.6) is 5.75 Å². The summed E-state index contributed by atoms with van der Waals surface area (Å²) >= 11 is 5.96. The number of nitrogens with one attached hydrogen (secondary N) is 2. The van der Waals surface area contributed by atoms with Crippen LogP contribution in [-0.2, 0) is 4.79 Å². The van der Waals surface area contributed by atoms with E-state index in [2.05, 4.69) is 10.6 Å². The van der Waals surface area contributed by atoms with Crippen molar-refractivity contribution in [3.05, 3.63) is 23.2 Å². The first-order valence-electron chi connectivity index (χ1n) is 8.06. The number of carbonyl (C=O) groups excluding carboxylic acids is 1. The summed E-state index contributed by atoms with van der Waals surface area (Å²) in [5, 5.41) is 6.94. The zero-order valence-corrected chi connectivity index (χ0v) is 13.9. The predicted molar refractivity (Wildman–Crippen MR) is 90.7 cm³/mol. The third kappa shape index (κ3) is 5.50. The van der Waals surface area contributed by atoms with Crippen LogP contribution in [0.15, 0.2) is 18.2 Å². The van der Waals surface area contributed by atoms with Gasteiger partial charge in [0.25, 0.3) is 0 Å². The van der Waals surface area contributed by atoms with E-state index in [9.17, 15) is 4.79 Å². The van der Waals surface area contributed by atoms with Crippen molar-refractivity contribution in [2.75, 3.05) is 19.0 Å². The molecule has 4 nitrogen and oxygen atoms in total. The molecule has 0 atom stereocenters. The maximum atomic E-state index is 12.1. The van der Waals surface area contributed by atoms with Crippen LogP contribution in [0.2, 0.25) is 5.02 Å². The first-order chi connectivity index (χ1) is 10.7. The highest BCUT2D eigenvalue weighted by molar-refractivity contribution is 6.31. The Morgan fingerprint density at radius 1 is 1.27 bits per heavy atom. The zero-order chi connectivity index (χ0) is 15.8. The maximum absolute atomic E-state index is 12.1. The highest BCUT2D eigenvalue weighted by Gasteiger charge is 2.12. The normalized spacial score (nSPS) is 16.1. The van der Waals surface area contributed by atoms with E-state index in [0.717, 1.165) is 0 Å². The first-order valence-corrected chi connectivity index (χ1v) is 8.43. The van der Waals surface area contributed by atoms with Gasteiger partial charge in [-0.3, -0.25) is 4.79 Å². The van der Waals surface area contributed by atoms with Gasteiger partial charge in [0.2, 0.25) is 5.91 Å². The number of methoxy groups -OCH3 is 1. The van der Waals surface area contributed by atoms with Gasteiger partial charge in [-0.25, -0.2) is 0 Å². The summed E-state index contributed by atoms with van der Waals surface area (Å²) in [6.07, 6.45) is 8.17. The van der Waals surface area contributed by atoms with E-state index < -0.39 is 0 Å². The summed E-state index contributed by atoms with van der Waals surface area (Å²) in [4.78, 5) is 12.1. The van der Waals surface area contributed by atoms with E-state index in [1.54, 1.807) is 25.3 Å². The van der Waals surface area contributed by atoms with Gasteiger partial charge in [-0.15, -0.1) is 0 Å². The van der Waals surface area contributed by atoms with Gasteiger partial charge in [-0.1, -0.05) is 37.3 Å². The Hall–Kier alpha value is -1.26. The van der Waals surface area contributed by atoms with Crippen LogP contribution in [0.1, 0.15) is 44.9 Å². The van der Waals surface area contributed by atoms with Crippen LogP contribution in [0, 0.1) is 0 Å². The maximum Gasteiger partial charge on any atom is 0.225 e. The summed E-state index contributed by atoms with van der Waals surface area (Å²) in [5.41, 5.74) is 0.620. The van der Waals surface area contributed by atoms with Crippen molar-refractivity contribution in [3.63, 3.8) is 0 Å². The van der Waals surface area contributed by atoms with Gasteiger partial charge in [-0.2, -0.15) is 0 Å². The SMILES string of the molecule is COc1ccc(Cl)cc1NC(=O)CCNC1CCCCCC1. The average Bonchev–Trinajstić information content (AvgIpc) is 2.76. The van der Waals surface area contributed by atoms with Crippen LogP contribution in [0.4, 0.5) is 5.69 Å². The fraction of sp³-hybridized carbons (Fsp3) is 0.588. The lowest BCUT2D eigenvalue weighted by molar-refractivity contribution is -0.116. The molecule has 5 heteroatoms. The summed E-state index contributed by atoms with van der Waals surface area (Å²) in [7, 11) is 1.58. The number of hydrogen-bond donors (Lipinski definition) is 2. The van der Waals surface area contributed by atoms with E-state index in [-0.39, 0.29) is 5.91 Å². The van der Waals surface area contributed by atoms with Gasteiger partial charge >= 0.3 is 0 Å². The lowest BCUT2D eigenvalue weighted by Crippen LogP contribution is -2.31. The molecule has 0 aliphatic heterocycles. The molecular formula is C17H25ClN2O2. The van der Waals surface area contributed by atoms with Crippen molar-refractivity contribution in [3.8, 4) is 5.75 Å². The molecule has 0 spiro atoms. The number of halogens is 1. The van der Waals surface area contributed by atoms with E-state index >= 15 is 0 Å². The van der Waals surface area contributed by atoms with Gasteiger partial charge in [-0.05, 0) is 31.0 Å². The molecule has 1 aliphatic carbocycles. The third-order valence-corrected chi connectivity index (χ3v) is 4.31. The number of benzene rings is 1. The topological polar surface area (TPSA) is 50.4 Å². The van der Waals surface area contributed by atoms with Gasteiger partial charge in [0.15, 0.2) is 0 Å². The van der Waals surface area contributed by atoms with E-state index in [0.29, 0.717) is 35.5 Å². The minimum atomic E-state index is -0.0262.